The molecular formula is C13H18ClN5S. The normalized spacial score (nSPS) is 12.4. The van der Waals surface area contributed by atoms with Gasteiger partial charge in [-0.2, -0.15) is 15.0 Å². The van der Waals surface area contributed by atoms with E-state index in [1.807, 2.05) is 6.92 Å². The number of hydrogen-bond donors (Lipinski definition) is 2. The Kier molecular flexibility index (Phi) is 4.77. The Morgan fingerprint density at radius 2 is 2.10 bits per heavy atom. The molecule has 7 heteroatoms. The minimum absolute atomic E-state index is 0.231. The number of nitrogens with two attached hydrogens (primary N) is 1. The third-order valence-electron chi connectivity index (χ3n) is 2.91. The number of nitrogen functional groups attached to an aromatic ring is 1. The lowest BCUT2D eigenvalue weighted by Crippen LogP contribution is -2.19. The molecule has 0 spiro atoms. The Morgan fingerprint density at radius 3 is 2.70 bits per heavy atom. The molecule has 0 aromatic carbocycles. The van der Waals surface area contributed by atoms with E-state index in [1.54, 1.807) is 18.3 Å². The maximum atomic E-state index is 6.23. The summed E-state index contributed by atoms with van der Waals surface area (Å²) in [5.41, 5.74) is 6.75. The maximum absolute atomic E-state index is 6.23. The van der Waals surface area contributed by atoms with E-state index in [0.717, 1.165) is 23.4 Å². The summed E-state index contributed by atoms with van der Waals surface area (Å²) in [5, 5.41) is 6.22. The Balaban J connectivity index is 1.92. The van der Waals surface area contributed by atoms with Crippen LogP contribution < -0.4 is 11.1 Å². The Labute approximate surface area is 127 Å². The zero-order valence-corrected chi connectivity index (χ0v) is 13.3. The monoisotopic (exact) mass is 311 g/mol. The van der Waals surface area contributed by atoms with Gasteiger partial charge >= 0.3 is 0 Å². The van der Waals surface area contributed by atoms with Crippen molar-refractivity contribution in [2.45, 2.75) is 39.7 Å². The lowest BCUT2D eigenvalue weighted by Gasteiger charge is -2.13. The van der Waals surface area contributed by atoms with Crippen molar-refractivity contribution >= 4 is 34.8 Å². The van der Waals surface area contributed by atoms with Gasteiger partial charge in [-0.05, 0) is 44.6 Å². The molecular weight excluding hydrogens is 294 g/mol. The third kappa shape index (κ3) is 3.80. The van der Waals surface area contributed by atoms with Gasteiger partial charge in [-0.25, -0.2) is 0 Å². The number of anilines is 2. The zero-order valence-electron chi connectivity index (χ0n) is 11.8. The highest BCUT2D eigenvalue weighted by Crippen LogP contribution is 2.28. The van der Waals surface area contributed by atoms with Gasteiger partial charge in [-0.1, -0.05) is 11.6 Å². The predicted octanol–water partition coefficient (Wildman–Crippen LogP) is 3.22. The molecule has 3 N–H and O–H groups in total. The molecule has 0 amide bonds. The first-order chi connectivity index (χ1) is 9.45. The van der Waals surface area contributed by atoms with Crippen molar-refractivity contribution in [1.82, 2.24) is 15.0 Å². The van der Waals surface area contributed by atoms with Gasteiger partial charge in [-0.3, -0.25) is 0 Å². The smallest absolute Gasteiger partial charge is 0.227 e. The van der Waals surface area contributed by atoms with Crippen molar-refractivity contribution < 1.29 is 0 Å². The lowest BCUT2D eigenvalue weighted by atomic mass is 10.1. The lowest BCUT2D eigenvalue weighted by molar-refractivity contribution is 0.702. The van der Waals surface area contributed by atoms with Crippen molar-refractivity contribution in [3.8, 4) is 0 Å². The van der Waals surface area contributed by atoms with Gasteiger partial charge in [0.2, 0.25) is 11.9 Å². The summed E-state index contributed by atoms with van der Waals surface area (Å²) in [4.78, 5) is 13.5. The van der Waals surface area contributed by atoms with Gasteiger partial charge in [0, 0.05) is 10.9 Å². The number of rotatable bonds is 5. The molecule has 0 aliphatic rings. The van der Waals surface area contributed by atoms with E-state index in [4.69, 9.17) is 17.3 Å². The summed E-state index contributed by atoms with van der Waals surface area (Å²) in [7, 11) is 0. The van der Waals surface area contributed by atoms with Crippen molar-refractivity contribution in [2.75, 3.05) is 11.1 Å². The maximum Gasteiger partial charge on any atom is 0.227 e. The van der Waals surface area contributed by atoms with Gasteiger partial charge in [0.25, 0.3) is 0 Å². The van der Waals surface area contributed by atoms with Crippen LogP contribution in [0, 0.1) is 13.8 Å². The van der Waals surface area contributed by atoms with Crippen LogP contribution in [0.4, 0.5) is 11.9 Å². The van der Waals surface area contributed by atoms with E-state index in [2.05, 4.69) is 32.6 Å². The summed E-state index contributed by atoms with van der Waals surface area (Å²) in [6, 6.07) is 0.231. The summed E-state index contributed by atoms with van der Waals surface area (Å²) in [6.45, 7) is 5.91. The largest absolute Gasteiger partial charge is 0.368 e. The van der Waals surface area contributed by atoms with E-state index in [-0.39, 0.29) is 12.0 Å². The number of nitrogens with zero attached hydrogens (tertiary/aromatic N) is 3. The number of aromatic nitrogens is 3. The van der Waals surface area contributed by atoms with E-state index in [0.29, 0.717) is 11.8 Å². The molecule has 1 unspecified atom stereocenters. The molecule has 2 aromatic heterocycles. The number of halogens is 1. The average molecular weight is 312 g/mol. The first-order valence-electron chi connectivity index (χ1n) is 6.43. The van der Waals surface area contributed by atoms with Crippen molar-refractivity contribution in [2.24, 2.45) is 0 Å². The van der Waals surface area contributed by atoms with Crippen molar-refractivity contribution in [3.05, 3.63) is 26.7 Å². The van der Waals surface area contributed by atoms with Gasteiger partial charge < -0.3 is 11.1 Å². The van der Waals surface area contributed by atoms with Crippen LogP contribution in [0.5, 0.6) is 0 Å². The Morgan fingerprint density at radius 1 is 1.35 bits per heavy atom. The van der Waals surface area contributed by atoms with Crippen molar-refractivity contribution in [3.63, 3.8) is 0 Å². The third-order valence-corrected chi connectivity index (χ3v) is 4.72. The first kappa shape index (κ1) is 15.0. The Bertz CT molecular complexity index is 578. The highest BCUT2D eigenvalue weighted by atomic mass is 35.5. The van der Waals surface area contributed by atoms with Crippen LogP contribution in [0.25, 0.3) is 0 Å². The number of hydrogen-bond acceptors (Lipinski definition) is 6. The second-order valence-electron chi connectivity index (χ2n) is 4.80. The molecule has 2 heterocycles. The van der Waals surface area contributed by atoms with Gasteiger partial charge in [0.15, 0.2) is 0 Å². The standard InChI is InChI=1S/C13H18ClN5S/c1-7-6-20-10(11(7)14)5-4-8(2)16-13-18-9(3)17-12(15)19-13/h6,8H,4-5H2,1-3H3,(H3,15,16,17,18,19). The SMILES string of the molecule is Cc1nc(N)nc(NC(C)CCc2scc(C)c2Cl)n1. The van der Waals surface area contributed by atoms with Crippen LogP contribution in [0.1, 0.15) is 29.6 Å². The van der Waals surface area contributed by atoms with Crippen molar-refractivity contribution in [1.29, 1.82) is 0 Å². The molecule has 0 radical (unpaired) electrons. The minimum Gasteiger partial charge on any atom is -0.368 e. The minimum atomic E-state index is 0.231. The summed E-state index contributed by atoms with van der Waals surface area (Å²) in [6.07, 6.45) is 1.88. The second kappa shape index (κ2) is 6.37. The number of aryl methyl sites for hydroxylation is 3. The quantitative estimate of drug-likeness (QED) is 0.886. The fourth-order valence-electron chi connectivity index (χ4n) is 1.86. The zero-order chi connectivity index (χ0) is 14.7. The first-order valence-corrected chi connectivity index (χ1v) is 7.68. The van der Waals surface area contributed by atoms with Crippen LogP contribution in [0.2, 0.25) is 5.02 Å². The molecule has 0 aliphatic carbocycles. The Hall–Kier alpha value is -1.40. The molecule has 5 nitrogen and oxygen atoms in total. The predicted molar refractivity (Wildman–Crippen MR) is 84.4 cm³/mol. The molecule has 0 aliphatic heterocycles. The van der Waals surface area contributed by atoms with Crippen LogP contribution >= 0.6 is 22.9 Å². The van der Waals surface area contributed by atoms with Crippen LogP contribution in [-0.4, -0.2) is 21.0 Å². The van der Waals surface area contributed by atoms with Crippen LogP contribution in [0.3, 0.4) is 0 Å². The topological polar surface area (TPSA) is 76.7 Å². The second-order valence-corrected chi connectivity index (χ2v) is 6.15. The van der Waals surface area contributed by atoms with E-state index in [1.165, 1.54) is 4.88 Å². The van der Waals surface area contributed by atoms with E-state index >= 15 is 0 Å². The molecule has 0 saturated carbocycles. The molecule has 0 fully saturated rings. The number of thiophene rings is 1. The summed E-state index contributed by atoms with van der Waals surface area (Å²) < 4.78 is 0. The molecule has 20 heavy (non-hydrogen) atoms. The molecule has 108 valence electrons. The number of nitrogens with one attached hydrogen (secondary N) is 1. The average Bonchev–Trinajstić information content (AvgIpc) is 2.66. The highest BCUT2D eigenvalue weighted by Gasteiger charge is 2.10. The fraction of sp³-hybridized carbons (Fsp3) is 0.462. The van der Waals surface area contributed by atoms with Crippen LogP contribution in [0.15, 0.2) is 5.38 Å². The van der Waals surface area contributed by atoms with Crippen LogP contribution in [-0.2, 0) is 6.42 Å². The van der Waals surface area contributed by atoms with Gasteiger partial charge in [0.1, 0.15) is 5.82 Å². The molecule has 1 atom stereocenters. The fourth-order valence-corrected chi connectivity index (χ4v) is 3.14. The van der Waals surface area contributed by atoms with Gasteiger partial charge in [0.05, 0.1) is 5.02 Å². The highest BCUT2D eigenvalue weighted by molar-refractivity contribution is 7.10. The van der Waals surface area contributed by atoms with Gasteiger partial charge in [-0.15, -0.1) is 11.3 Å². The molecule has 0 bridgehead atoms. The molecule has 2 rings (SSSR count). The van der Waals surface area contributed by atoms with E-state index in [9.17, 15) is 0 Å². The molecule has 0 saturated heterocycles. The summed E-state index contributed by atoms with van der Waals surface area (Å²) >= 11 is 7.94. The van der Waals surface area contributed by atoms with E-state index < -0.39 is 0 Å². The summed E-state index contributed by atoms with van der Waals surface area (Å²) in [5.74, 6) is 1.38. The molecule has 2 aromatic rings.